The lowest BCUT2D eigenvalue weighted by Crippen LogP contribution is -1.98. The van der Waals surface area contributed by atoms with E-state index in [0.29, 0.717) is 23.1 Å². The van der Waals surface area contributed by atoms with Crippen LogP contribution < -0.4 is 5.73 Å². The number of hydrogen-bond donors (Lipinski definition) is 2. The van der Waals surface area contributed by atoms with Crippen molar-refractivity contribution in [2.24, 2.45) is 0 Å². The van der Waals surface area contributed by atoms with Gasteiger partial charge in [0, 0.05) is 11.1 Å². The summed E-state index contributed by atoms with van der Waals surface area (Å²) in [5, 5.41) is 15.3. The second-order valence-corrected chi connectivity index (χ2v) is 4.34. The molecule has 0 radical (unpaired) electrons. The molecule has 0 saturated carbocycles. The number of aromatic nitrogens is 4. The maximum absolute atomic E-state index is 5.82. The van der Waals surface area contributed by atoms with Crippen LogP contribution in [-0.2, 0) is 6.42 Å². The summed E-state index contributed by atoms with van der Waals surface area (Å²) in [6.07, 6.45) is 2.23. The number of nitrogens with one attached hydrogen (secondary N) is 1. The van der Waals surface area contributed by atoms with Gasteiger partial charge in [-0.05, 0) is 6.07 Å². The number of H-pyrrole nitrogens is 1. The number of halogens is 2. The first kappa shape index (κ1) is 12.9. The highest BCUT2D eigenvalue weighted by Crippen LogP contribution is 2.27. The summed E-state index contributed by atoms with van der Waals surface area (Å²) in [6, 6.07) is 1.66. The number of nitrogens with two attached hydrogens (primary N) is 1. The van der Waals surface area contributed by atoms with Crippen molar-refractivity contribution in [3.63, 3.8) is 0 Å². The van der Waals surface area contributed by atoms with E-state index in [1.54, 1.807) is 12.3 Å². The van der Waals surface area contributed by atoms with Gasteiger partial charge in [-0.25, -0.2) is 0 Å². The average molecular weight is 327 g/mol. The van der Waals surface area contributed by atoms with Crippen LogP contribution in [-0.4, -0.2) is 25.7 Å². The summed E-state index contributed by atoms with van der Waals surface area (Å²) in [4.78, 5) is 0. The van der Waals surface area contributed by atoms with Crippen molar-refractivity contribution in [2.45, 2.75) is 6.42 Å². The lowest BCUT2D eigenvalue weighted by molar-refractivity contribution is 1.02. The number of nitrogen functional groups attached to an aromatic ring is 1. The normalized spacial score (nSPS) is 9.89. The predicted molar refractivity (Wildman–Crippen MR) is 74.3 cm³/mol. The minimum absolute atomic E-state index is 0.290. The van der Waals surface area contributed by atoms with Crippen LogP contribution in [0.1, 0.15) is 5.69 Å². The summed E-state index contributed by atoms with van der Waals surface area (Å²) in [5.74, 6) is 6.24. The first-order chi connectivity index (χ1) is 8.72. The van der Waals surface area contributed by atoms with Gasteiger partial charge < -0.3 is 5.73 Å². The molecule has 2 heterocycles. The fourth-order valence-corrected chi connectivity index (χ4v) is 1.82. The zero-order valence-electron chi connectivity index (χ0n) is 9.24. The number of aromatic amines is 1. The minimum Gasteiger partial charge on any atom is -0.382 e. The predicted octanol–water partition coefficient (Wildman–Crippen LogP) is 2.04. The molecule has 0 bridgehead atoms. The standard InChI is InChI=1S/C11H9BrClN5/c12-4-2-1-3-9-8(6-15-16-9)7-5-10(13)17-18-11(7)14/h5-6H,3-4H2,(H2,14,18)(H,15,16). The van der Waals surface area contributed by atoms with E-state index in [4.69, 9.17) is 17.3 Å². The monoisotopic (exact) mass is 325 g/mol. The number of alkyl halides is 1. The molecule has 2 aromatic heterocycles. The Morgan fingerprint density at radius 2 is 2.17 bits per heavy atom. The van der Waals surface area contributed by atoms with Crippen molar-refractivity contribution >= 4 is 33.3 Å². The van der Waals surface area contributed by atoms with E-state index >= 15 is 0 Å². The molecule has 2 rings (SSSR count). The Bertz CT molecular complexity index is 613. The van der Waals surface area contributed by atoms with Gasteiger partial charge in [-0.1, -0.05) is 39.4 Å². The average Bonchev–Trinajstić information content (AvgIpc) is 2.81. The van der Waals surface area contributed by atoms with Crippen LogP contribution in [0.25, 0.3) is 11.1 Å². The van der Waals surface area contributed by atoms with Crippen LogP contribution in [0.15, 0.2) is 12.3 Å². The van der Waals surface area contributed by atoms with Crippen LogP contribution in [0, 0.1) is 11.8 Å². The van der Waals surface area contributed by atoms with E-state index < -0.39 is 0 Å². The highest BCUT2D eigenvalue weighted by molar-refractivity contribution is 9.09. The molecule has 0 atom stereocenters. The van der Waals surface area contributed by atoms with Gasteiger partial charge in [-0.3, -0.25) is 5.10 Å². The third-order valence-electron chi connectivity index (χ3n) is 2.26. The highest BCUT2D eigenvalue weighted by atomic mass is 79.9. The third kappa shape index (κ3) is 2.81. The molecule has 18 heavy (non-hydrogen) atoms. The first-order valence-electron chi connectivity index (χ1n) is 5.05. The maximum Gasteiger partial charge on any atom is 0.154 e. The second kappa shape index (κ2) is 5.85. The van der Waals surface area contributed by atoms with Gasteiger partial charge >= 0.3 is 0 Å². The van der Waals surface area contributed by atoms with Crippen molar-refractivity contribution < 1.29 is 0 Å². The summed E-state index contributed by atoms with van der Waals surface area (Å²) >= 11 is 9.06. The largest absolute Gasteiger partial charge is 0.382 e. The molecule has 5 nitrogen and oxygen atoms in total. The summed E-state index contributed by atoms with van der Waals surface area (Å²) in [7, 11) is 0. The summed E-state index contributed by atoms with van der Waals surface area (Å²) < 4.78 is 0. The molecular weight excluding hydrogens is 318 g/mol. The van der Waals surface area contributed by atoms with E-state index in [0.717, 1.165) is 11.3 Å². The quantitative estimate of drug-likeness (QED) is 0.654. The fourth-order valence-electron chi connectivity index (χ4n) is 1.47. The highest BCUT2D eigenvalue weighted by Gasteiger charge is 2.12. The van der Waals surface area contributed by atoms with E-state index in [2.05, 4.69) is 48.2 Å². The third-order valence-corrected chi connectivity index (χ3v) is 2.72. The lowest BCUT2D eigenvalue weighted by Gasteiger charge is -2.03. The van der Waals surface area contributed by atoms with Crippen molar-refractivity contribution in [3.05, 3.63) is 23.1 Å². The molecule has 0 spiro atoms. The Morgan fingerprint density at radius 1 is 1.33 bits per heavy atom. The lowest BCUT2D eigenvalue weighted by atomic mass is 10.1. The Morgan fingerprint density at radius 3 is 2.94 bits per heavy atom. The SMILES string of the molecule is Nc1nnc(Cl)cc1-c1cn[nH]c1CC#CCBr. The van der Waals surface area contributed by atoms with Crippen LogP contribution >= 0.6 is 27.5 Å². The van der Waals surface area contributed by atoms with Crippen molar-refractivity contribution in [3.8, 4) is 23.0 Å². The molecule has 0 aliphatic rings. The van der Waals surface area contributed by atoms with Crippen LogP contribution in [0.5, 0.6) is 0 Å². The topological polar surface area (TPSA) is 80.5 Å². The Kier molecular flexibility index (Phi) is 4.18. The molecule has 0 amide bonds. The summed E-state index contributed by atoms with van der Waals surface area (Å²) in [5.41, 5.74) is 8.21. The zero-order chi connectivity index (χ0) is 13.0. The van der Waals surface area contributed by atoms with Gasteiger partial charge in [0.25, 0.3) is 0 Å². The number of nitrogens with zero attached hydrogens (tertiary/aromatic N) is 3. The minimum atomic E-state index is 0.290. The molecule has 0 unspecified atom stereocenters. The van der Waals surface area contributed by atoms with Crippen molar-refractivity contribution in [1.29, 1.82) is 0 Å². The molecule has 0 aromatic carbocycles. The van der Waals surface area contributed by atoms with Crippen LogP contribution in [0.2, 0.25) is 5.15 Å². The second-order valence-electron chi connectivity index (χ2n) is 3.39. The van der Waals surface area contributed by atoms with Gasteiger partial charge in [-0.15, -0.1) is 10.2 Å². The van der Waals surface area contributed by atoms with Gasteiger partial charge in [0.15, 0.2) is 11.0 Å². The molecule has 0 aliphatic heterocycles. The molecule has 0 saturated heterocycles. The Balaban J connectivity index is 2.39. The Hall–Kier alpha value is -1.58. The number of hydrogen-bond acceptors (Lipinski definition) is 4. The molecule has 0 aliphatic carbocycles. The van der Waals surface area contributed by atoms with E-state index in [-0.39, 0.29) is 5.15 Å². The van der Waals surface area contributed by atoms with Gasteiger partial charge in [0.2, 0.25) is 0 Å². The molecule has 7 heteroatoms. The molecular formula is C11H9BrClN5. The maximum atomic E-state index is 5.82. The molecule has 2 aromatic rings. The van der Waals surface area contributed by atoms with Gasteiger partial charge in [0.1, 0.15) is 0 Å². The first-order valence-corrected chi connectivity index (χ1v) is 6.55. The molecule has 0 fully saturated rings. The Labute approximate surface area is 117 Å². The molecule has 92 valence electrons. The fraction of sp³-hybridized carbons (Fsp3) is 0.182. The smallest absolute Gasteiger partial charge is 0.154 e. The van der Waals surface area contributed by atoms with E-state index in [1.165, 1.54) is 0 Å². The number of anilines is 1. The van der Waals surface area contributed by atoms with Crippen molar-refractivity contribution in [2.75, 3.05) is 11.1 Å². The van der Waals surface area contributed by atoms with E-state index in [1.807, 2.05) is 0 Å². The van der Waals surface area contributed by atoms with Gasteiger partial charge in [0.05, 0.1) is 23.6 Å². The van der Waals surface area contributed by atoms with Crippen LogP contribution in [0.4, 0.5) is 5.82 Å². The zero-order valence-corrected chi connectivity index (χ0v) is 11.6. The van der Waals surface area contributed by atoms with Crippen LogP contribution in [0.3, 0.4) is 0 Å². The molecule has 3 N–H and O–H groups in total. The van der Waals surface area contributed by atoms with Crippen molar-refractivity contribution in [1.82, 2.24) is 20.4 Å². The summed E-state index contributed by atoms with van der Waals surface area (Å²) in [6.45, 7) is 0. The van der Waals surface area contributed by atoms with E-state index in [9.17, 15) is 0 Å². The van der Waals surface area contributed by atoms with Gasteiger partial charge in [-0.2, -0.15) is 5.10 Å². The number of rotatable bonds is 2.